The molecule has 7 nitrogen and oxygen atoms in total. The van der Waals surface area contributed by atoms with Crippen molar-refractivity contribution in [1.82, 2.24) is 10.2 Å². The van der Waals surface area contributed by atoms with E-state index in [-0.39, 0.29) is 0 Å². The van der Waals surface area contributed by atoms with Crippen LogP contribution in [0.3, 0.4) is 0 Å². The number of piperazine rings is 1. The first kappa shape index (κ1) is 24.0. The minimum absolute atomic E-state index is 0.433. The van der Waals surface area contributed by atoms with Crippen LogP contribution < -0.4 is 16.1 Å². The van der Waals surface area contributed by atoms with E-state index in [0.29, 0.717) is 5.69 Å². The Labute approximate surface area is 187 Å². The first-order valence-corrected chi connectivity index (χ1v) is 11.2. The molecule has 2 aliphatic heterocycles. The fraction of sp³-hybridized carbons (Fsp3) is 0.696. The number of amides is 1. The van der Waals surface area contributed by atoms with Crippen LogP contribution in [0.15, 0.2) is 12.1 Å². The number of anilines is 1. The third kappa shape index (κ3) is 5.80. The first-order chi connectivity index (χ1) is 14.3. The predicted octanol–water partition coefficient (Wildman–Crippen LogP) is 3.05. The fourth-order valence-electron chi connectivity index (χ4n) is 3.78. The molecule has 1 amide bonds. The van der Waals surface area contributed by atoms with E-state index in [9.17, 15) is 4.79 Å². The predicted molar refractivity (Wildman–Crippen MR) is 125 cm³/mol. The summed E-state index contributed by atoms with van der Waals surface area (Å²) >= 11 is 0. The Morgan fingerprint density at radius 1 is 1.16 bits per heavy atom. The molecule has 3 rings (SSSR count). The summed E-state index contributed by atoms with van der Waals surface area (Å²) in [7, 11) is -0.493. The first-order valence-electron chi connectivity index (χ1n) is 11.2. The third-order valence-corrected chi connectivity index (χ3v) is 6.31. The molecule has 0 bridgehead atoms. The van der Waals surface area contributed by atoms with E-state index in [1.165, 1.54) is 0 Å². The van der Waals surface area contributed by atoms with Crippen LogP contribution in [0.2, 0.25) is 0 Å². The van der Waals surface area contributed by atoms with Crippen molar-refractivity contribution in [2.24, 2.45) is 0 Å². The van der Waals surface area contributed by atoms with Gasteiger partial charge in [0.1, 0.15) is 5.60 Å². The molecule has 2 heterocycles. The molecule has 1 aromatic carbocycles. The van der Waals surface area contributed by atoms with Crippen LogP contribution in [0.4, 0.5) is 10.5 Å². The summed E-state index contributed by atoms with van der Waals surface area (Å²) in [4.78, 5) is 14.9. The van der Waals surface area contributed by atoms with Gasteiger partial charge in [0.05, 0.1) is 11.2 Å². The Hall–Kier alpha value is -1.61. The zero-order valence-corrected chi connectivity index (χ0v) is 20.3. The molecule has 0 atom stereocenters. The molecule has 2 aliphatic rings. The van der Waals surface area contributed by atoms with Gasteiger partial charge in [0.15, 0.2) is 0 Å². The summed E-state index contributed by atoms with van der Waals surface area (Å²) in [5.41, 5.74) is 2.49. The zero-order valence-electron chi connectivity index (χ0n) is 20.3. The highest BCUT2D eigenvalue weighted by molar-refractivity contribution is 6.62. The Morgan fingerprint density at radius 3 is 2.29 bits per heavy atom. The van der Waals surface area contributed by atoms with Crippen molar-refractivity contribution < 1.29 is 18.8 Å². The van der Waals surface area contributed by atoms with Crippen molar-refractivity contribution >= 4 is 24.4 Å². The summed E-state index contributed by atoms with van der Waals surface area (Å²) in [6.07, 6.45) is -0.468. The molecule has 0 spiro atoms. The average Bonchev–Trinajstić information content (AvgIpc) is 2.84. The third-order valence-electron chi connectivity index (χ3n) is 6.31. The molecule has 0 saturated carbocycles. The summed E-state index contributed by atoms with van der Waals surface area (Å²) in [6.45, 7) is 20.6. The van der Waals surface area contributed by atoms with Gasteiger partial charge in [0.25, 0.3) is 0 Å². The van der Waals surface area contributed by atoms with Crippen molar-refractivity contribution in [3.8, 4) is 0 Å². The summed E-state index contributed by atoms with van der Waals surface area (Å²) in [5.74, 6) is 0. The quantitative estimate of drug-likeness (QED) is 0.715. The molecule has 2 saturated heterocycles. The van der Waals surface area contributed by atoms with E-state index < -0.39 is 30.0 Å². The largest absolute Gasteiger partial charge is 0.495 e. The van der Waals surface area contributed by atoms with Crippen LogP contribution in [0, 0.1) is 6.92 Å². The van der Waals surface area contributed by atoms with E-state index in [2.05, 4.69) is 22.5 Å². The van der Waals surface area contributed by atoms with Gasteiger partial charge < -0.3 is 19.4 Å². The lowest BCUT2D eigenvalue weighted by molar-refractivity contribution is 0.00578. The minimum atomic E-state index is -0.563. The maximum absolute atomic E-state index is 12.4. The second-order valence-corrected chi connectivity index (χ2v) is 10.6. The number of ether oxygens (including phenoxy) is 1. The lowest BCUT2D eigenvalue weighted by Crippen LogP contribution is -2.43. The Bertz CT molecular complexity index is 798. The molecule has 0 aromatic heterocycles. The molecule has 1 aromatic rings. The number of rotatable bonds is 4. The SMILES string of the molecule is Cc1c(CN2CCNCC2)cc(NC(=O)OC(C)(C)C)cc1B1OC(C)(C)C(C)(C)O1. The fourth-order valence-corrected chi connectivity index (χ4v) is 3.78. The summed E-state index contributed by atoms with van der Waals surface area (Å²) in [5, 5.41) is 6.30. The maximum atomic E-state index is 12.4. The number of carbonyl (C=O) groups is 1. The van der Waals surface area contributed by atoms with Crippen LogP contribution in [-0.2, 0) is 20.6 Å². The van der Waals surface area contributed by atoms with Gasteiger partial charge >= 0.3 is 13.2 Å². The molecular formula is C23H38BN3O4. The molecule has 31 heavy (non-hydrogen) atoms. The van der Waals surface area contributed by atoms with E-state index in [4.69, 9.17) is 14.0 Å². The maximum Gasteiger partial charge on any atom is 0.495 e. The lowest BCUT2D eigenvalue weighted by atomic mass is 9.74. The highest BCUT2D eigenvalue weighted by atomic mass is 16.7. The molecule has 2 N–H and O–H groups in total. The topological polar surface area (TPSA) is 72.1 Å². The number of hydrogen-bond donors (Lipinski definition) is 2. The number of benzene rings is 1. The van der Waals surface area contributed by atoms with Crippen LogP contribution in [0.5, 0.6) is 0 Å². The molecule has 172 valence electrons. The smallest absolute Gasteiger partial charge is 0.444 e. The van der Waals surface area contributed by atoms with Gasteiger partial charge in [0.2, 0.25) is 0 Å². The number of nitrogens with zero attached hydrogens (tertiary/aromatic N) is 1. The molecule has 0 radical (unpaired) electrons. The molecular weight excluding hydrogens is 393 g/mol. The summed E-state index contributed by atoms with van der Waals surface area (Å²) < 4.78 is 18.1. The average molecular weight is 431 g/mol. The molecule has 0 aliphatic carbocycles. The second kappa shape index (κ2) is 8.73. The highest BCUT2D eigenvalue weighted by Gasteiger charge is 2.52. The standard InChI is InChI=1S/C23H38BN3O4/c1-16-17(15-27-11-9-25-10-12-27)13-18(26-20(28)29-21(2,3)4)14-19(16)24-30-22(5,6)23(7,8)31-24/h13-14,25H,9-12,15H2,1-8H3,(H,26,28). The van der Waals surface area contributed by atoms with Crippen molar-refractivity contribution in [2.45, 2.75) is 78.7 Å². The monoisotopic (exact) mass is 431 g/mol. The van der Waals surface area contributed by atoms with E-state index in [0.717, 1.165) is 49.3 Å². The number of hydrogen-bond acceptors (Lipinski definition) is 6. The van der Waals surface area contributed by atoms with Crippen molar-refractivity contribution in [3.63, 3.8) is 0 Å². The zero-order chi connectivity index (χ0) is 23.0. The Balaban J connectivity index is 1.92. The van der Waals surface area contributed by atoms with E-state index in [1.54, 1.807) is 0 Å². The normalized spacial score (nSPS) is 21.2. The van der Waals surface area contributed by atoms with Gasteiger partial charge in [-0.3, -0.25) is 10.2 Å². The van der Waals surface area contributed by atoms with Crippen LogP contribution in [0.25, 0.3) is 0 Å². The van der Waals surface area contributed by atoms with E-state index >= 15 is 0 Å². The lowest BCUT2D eigenvalue weighted by Gasteiger charge is -2.32. The van der Waals surface area contributed by atoms with Crippen LogP contribution in [0.1, 0.15) is 59.6 Å². The number of carbonyl (C=O) groups excluding carboxylic acids is 1. The van der Waals surface area contributed by atoms with Gasteiger partial charge in [-0.25, -0.2) is 4.79 Å². The molecule has 0 unspecified atom stereocenters. The van der Waals surface area contributed by atoms with Gasteiger partial charge in [-0.1, -0.05) is 0 Å². The van der Waals surface area contributed by atoms with Crippen molar-refractivity contribution in [2.75, 3.05) is 31.5 Å². The number of nitrogens with one attached hydrogen (secondary N) is 2. The van der Waals surface area contributed by atoms with Crippen LogP contribution in [-0.4, -0.2) is 61.1 Å². The van der Waals surface area contributed by atoms with Crippen LogP contribution >= 0.6 is 0 Å². The van der Waals surface area contributed by atoms with Gasteiger partial charge in [-0.2, -0.15) is 0 Å². The Kier molecular flexibility index (Phi) is 6.77. The molecule has 8 heteroatoms. The van der Waals surface area contributed by atoms with Gasteiger partial charge in [0, 0.05) is 38.4 Å². The minimum Gasteiger partial charge on any atom is -0.444 e. The second-order valence-electron chi connectivity index (χ2n) is 10.6. The van der Waals surface area contributed by atoms with Crippen molar-refractivity contribution in [1.29, 1.82) is 0 Å². The molecule has 2 fully saturated rings. The highest BCUT2D eigenvalue weighted by Crippen LogP contribution is 2.37. The van der Waals surface area contributed by atoms with Crippen molar-refractivity contribution in [3.05, 3.63) is 23.3 Å². The Morgan fingerprint density at radius 2 is 1.74 bits per heavy atom. The van der Waals surface area contributed by atoms with Gasteiger partial charge in [-0.15, -0.1) is 0 Å². The summed E-state index contributed by atoms with van der Waals surface area (Å²) in [6, 6.07) is 3.98. The van der Waals surface area contributed by atoms with E-state index in [1.807, 2.05) is 60.6 Å². The van der Waals surface area contributed by atoms with Gasteiger partial charge in [-0.05, 0) is 84.1 Å².